The van der Waals surface area contributed by atoms with Gasteiger partial charge in [0, 0.05) is 16.7 Å². The maximum atomic E-state index is 10.9. The van der Waals surface area contributed by atoms with Crippen molar-refractivity contribution in [1.82, 2.24) is 0 Å². The number of carboxylic acid groups (broad SMARTS) is 1. The number of hydrogen-bond donors (Lipinski definition) is 2. The molecule has 0 bridgehead atoms. The number of nitrogens with one attached hydrogen (secondary N) is 1. The smallest absolute Gasteiger partial charge is 0.335 e. The van der Waals surface area contributed by atoms with E-state index in [0.29, 0.717) is 12.1 Å². The highest BCUT2D eigenvalue weighted by molar-refractivity contribution is 9.10. The van der Waals surface area contributed by atoms with Gasteiger partial charge >= 0.3 is 5.97 Å². The van der Waals surface area contributed by atoms with Gasteiger partial charge in [-0.1, -0.05) is 28.1 Å². The van der Waals surface area contributed by atoms with E-state index in [9.17, 15) is 4.79 Å². The lowest BCUT2D eigenvalue weighted by molar-refractivity contribution is 0.0697. The van der Waals surface area contributed by atoms with Gasteiger partial charge in [-0.2, -0.15) is 5.26 Å². The molecule has 0 saturated heterocycles. The van der Waals surface area contributed by atoms with Gasteiger partial charge in [0.25, 0.3) is 0 Å². The van der Waals surface area contributed by atoms with Crippen LogP contribution in [0.1, 0.15) is 27.0 Å². The first-order valence-electron chi connectivity index (χ1n) is 6.27. The Balaban J connectivity index is 2.17. The predicted molar refractivity (Wildman–Crippen MR) is 84.3 cm³/mol. The van der Waals surface area contributed by atoms with Gasteiger partial charge in [0.15, 0.2) is 0 Å². The van der Waals surface area contributed by atoms with Gasteiger partial charge in [0.05, 0.1) is 17.2 Å². The molecule has 0 heterocycles. The number of hydrogen-bond acceptors (Lipinski definition) is 3. The summed E-state index contributed by atoms with van der Waals surface area (Å²) < 4.78 is 0.740. The maximum Gasteiger partial charge on any atom is 0.335 e. The van der Waals surface area contributed by atoms with Crippen LogP contribution >= 0.6 is 15.9 Å². The number of halogens is 1. The molecule has 5 heteroatoms. The summed E-state index contributed by atoms with van der Waals surface area (Å²) >= 11 is 3.38. The topological polar surface area (TPSA) is 73.1 Å². The van der Waals surface area contributed by atoms with Crippen LogP contribution in [0, 0.1) is 18.3 Å². The summed E-state index contributed by atoms with van der Waals surface area (Å²) in [5.74, 6) is -0.951. The van der Waals surface area contributed by atoms with Crippen LogP contribution in [-0.4, -0.2) is 11.1 Å². The van der Waals surface area contributed by atoms with Crippen LogP contribution in [0.2, 0.25) is 0 Å². The van der Waals surface area contributed by atoms with Gasteiger partial charge < -0.3 is 10.4 Å². The van der Waals surface area contributed by atoms with E-state index in [4.69, 9.17) is 10.4 Å². The average molecular weight is 345 g/mol. The quantitative estimate of drug-likeness (QED) is 0.880. The molecule has 0 amide bonds. The minimum Gasteiger partial charge on any atom is -0.478 e. The molecule has 2 N–H and O–H groups in total. The van der Waals surface area contributed by atoms with E-state index < -0.39 is 5.97 Å². The molecule has 0 radical (unpaired) electrons. The summed E-state index contributed by atoms with van der Waals surface area (Å²) in [4.78, 5) is 10.9. The third-order valence-corrected chi connectivity index (χ3v) is 3.87. The second-order valence-electron chi connectivity index (χ2n) is 4.61. The highest BCUT2D eigenvalue weighted by atomic mass is 79.9. The molecular formula is C16H13BrN2O2. The molecule has 0 unspecified atom stereocenters. The second kappa shape index (κ2) is 6.42. The van der Waals surface area contributed by atoms with Crippen molar-refractivity contribution < 1.29 is 9.90 Å². The molecule has 0 saturated carbocycles. The molecule has 0 aliphatic rings. The number of carbonyl (C=O) groups is 1. The van der Waals surface area contributed by atoms with Crippen LogP contribution in [0.5, 0.6) is 0 Å². The molecule has 106 valence electrons. The number of aryl methyl sites for hydroxylation is 1. The summed E-state index contributed by atoms with van der Waals surface area (Å²) in [6.07, 6.45) is 0. The van der Waals surface area contributed by atoms with Crippen LogP contribution < -0.4 is 5.32 Å². The van der Waals surface area contributed by atoms with Gasteiger partial charge in [0.2, 0.25) is 0 Å². The van der Waals surface area contributed by atoms with Crippen LogP contribution in [0.3, 0.4) is 0 Å². The van der Waals surface area contributed by atoms with E-state index in [1.54, 1.807) is 30.3 Å². The third-order valence-electron chi connectivity index (χ3n) is 3.14. The Morgan fingerprint density at radius 1 is 1.33 bits per heavy atom. The van der Waals surface area contributed by atoms with Crippen LogP contribution in [-0.2, 0) is 6.54 Å². The lowest BCUT2D eigenvalue weighted by Crippen LogP contribution is -2.03. The summed E-state index contributed by atoms with van der Waals surface area (Å²) in [5, 5.41) is 21.1. The Morgan fingerprint density at radius 2 is 2.10 bits per heavy atom. The SMILES string of the molecule is Cc1ccc(C#N)cc1NCc1ccc(C(=O)O)cc1Br. The highest BCUT2D eigenvalue weighted by Crippen LogP contribution is 2.22. The van der Waals surface area contributed by atoms with Gasteiger partial charge in [0.1, 0.15) is 0 Å². The fourth-order valence-corrected chi connectivity index (χ4v) is 2.42. The Morgan fingerprint density at radius 3 is 2.71 bits per heavy atom. The lowest BCUT2D eigenvalue weighted by Gasteiger charge is -2.11. The van der Waals surface area contributed by atoms with E-state index in [0.717, 1.165) is 21.3 Å². The van der Waals surface area contributed by atoms with Crippen molar-refractivity contribution in [3.05, 3.63) is 63.1 Å². The molecule has 2 rings (SSSR count). The molecule has 2 aromatic carbocycles. The number of nitriles is 1. The van der Waals surface area contributed by atoms with Gasteiger partial charge in [-0.25, -0.2) is 4.79 Å². The largest absolute Gasteiger partial charge is 0.478 e. The number of nitrogens with zero attached hydrogens (tertiary/aromatic N) is 1. The highest BCUT2D eigenvalue weighted by Gasteiger charge is 2.07. The van der Waals surface area contributed by atoms with Crippen molar-refractivity contribution in [2.45, 2.75) is 13.5 Å². The minimum absolute atomic E-state index is 0.244. The van der Waals surface area contributed by atoms with E-state index in [-0.39, 0.29) is 5.56 Å². The molecular weight excluding hydrogens is 332 g/mol. The third kappa shape index (κ3) is 3.61. The molecule has 0 aromatic heterocycles. The number of rotatable bonds is 4. The monoisotopic (exact) mass is 344 g/mol. The van der Waals surface area contributed by atoms with Gasteiger partial charge in [-0.15, -0.1) is 0 Å². The zero-order chi connectivity index (χ0) is 15.4. The molecule has 0 aliphatic heterocycles. The summed E-state index contributed by atoms with van der Waals surface area (Å²) in [5.41, 5.74) is 3.73. The summed E-state index contributed by atoms with van der Waals surface area (Å²) in [7, 11) is 0. The fraction of sp³-hybridized carbons (Fsp3) is 0.125. The first-order valence-corrected chi connectivity index (χ1v) is 7.07. The van der Waals surface area contributed by atoms with Gasteiger partial charge in [-0.05, 0) is 42.3 Å². The molecule has 0 atom stereocenters. The predicted octanol–water partition coefficient (Wildman–Crippen LogP) is 3.94. The van der Waals surface area contributed by atoms with Crippen molar-refractivity contribution in [3.8, 4) is 6.07 Å². The number of aromatic carboxylic acids is 1. The van der Waals surface area contributed by atoms with E-state index in [1.165, 1.54) is 0 Å². The Labute approximate surface area is 131 Å². The maximum absolute atomic E-state index is 10.9. The normalized spacial score (nSPS) is 9.95. The molecule has 21 heavy (non-hydrogen) atoms. The fourth-order valence-electron chi connectivity index (χ4n) is 1.90. The van der Waals surface area contributed by atoms with Gasteiger partial charge in [-0.3, -0.25) is 0 Å². The van der Waals surface area contributed by atoms with E-state index in [1.807, 2.05) is 13.0 Å². The zero-order valence-electron chi connectivity index (χ0n) is 11.4. The van der Waals surface area contributed by atoms with Crippen molar-refractivity contribution in [3.63, 3.8) is 0 Å². The van der Waals surface area contributed by atoms with Crippen molar-refractivity contribution in [2.24, 2.45) is 0 Å². The second-order valence-corrected chi connectivity index (χ2v) is 5.46. The van der Waals surface area contributed by atoms with Crippen molar-refractivity contribution >= 4 is 27.6 Å². The molecule has 0 spiro atoms. The van der Waals surface area contributed by atoms with E-state index in [2.05, 4.69) is 27.3 Å². The standard InChI is InChI=1S/C16H13BrN2O2/c1-10-2-3-11(8-18)6-15(10)19-9-13-5-4-12(16(20)21)7-14(13)17/h2-7,19H,9H2,1H3,(H,20,21). The van der Waals surface area contributed by atoms with Crippen LogP contribution in [0.15, 0.2) is 40.9 Å². The molecule has 0 aliphatic carbocycles. The number of benzene rings is 2. The van der Waals surface area contributed by atoms with Crippen molar-refractivity contribution in [1.29, 1.82) is 5.26 Å². The minimum atomic E-state index is -0.951. The van der Waals surface area contributed by atoms with Crippen molar-refractivity contribution in [2.75, 3.05) is 5.32 Å². The molecule has 4 nitrogen and oxygen atoms in total. The van der Waals surface area contributed by atoms with E-state index >= 15 is 0 Å². The van der Waals surface area contributed by atoms with Crippen LogP contribution in [0.25, 0.3) is 0 Å². The number of anilines is 1. The Kier molecular flexibility index (Phi) is 4.61. The summed E-state index contributed by atoms with van der Waals surface area (Å²) in [6.45, 7) is 2.50. The molecule has 0 fully saturated rings. The summed E-state index contributed by atoms with van der Waals surface area (Å²) in [6, 6.07) is 12.5. The molecule has 2 aromatic rings. The van der Waals surface area contributed by atoms with Crippen LogP contribution in [0.4, 0.5) is 5.69 Å². The Bertz CT molecular complexity index is 736. The number of carboxylic acids is 1. The zero-order valence-corrected chi connectivity index (χ0v) is 12.9. The Hall–Kier alpha value is -2.32. The first kappa shape index (κ1) is 15.1. The average Bonchev–Trinajstić information content (AvgIpc) is 2.47. The lowest BCUT2D eigenvalue weighted by atomic mass is 10.1. The first-order chi connectivity index (χ1) is 10.0.